The summed E-state index contributed by atoms with van der Waals surface area (Å²) in [5, 5.41) is 5.23. The second kappa shape index (κ2) is 8.53. The normalized spacial score (nSPS) is 14.7. The molecular formula is C21H24FN3O4S. The van der Waals surface area contributed by atoms with Crippen molar-refractivity contribution in [3.63, 3.8) is 0 Å². The first-order valence-electron chi connectivity index (χ1n) is 9.52. The zero-order chi connectivity index (χ0) is 22.1. The molecule has 160 valence electrons. The standard InChI is InChI=1S/C21H24FN3O4S/c1-14-11-18(30(23,28)29)13-19(15(14)2)21(27)25-9-7-24(8-10-25)20(26)12-16-3-5-17(22)6-4-16/h3-6,11,13H,7-10,12H2,1-2H3,(H2,23,28,29). The predicted octanol–water partition coefficient (Wildman–Crippen LogP) is 1.62. The molecule has 30 heavy (non-hydrogen) atoms. The van der Waals surface area contributed by atoms with Gasteiger partial charge in [-0.05, 0) is 54.8 Å². The maximum Gasteiger partial charge on any atom is 0.254 e. The lowest BCUT2D eigenvalue weighted by Gasteiger charge is -2.35. The van der Waals surface area contributed by atoms with E-state index >= 15 is 0 Å². The molecular weight excluding hydrogens is 409 g/mol. The van der Waals surface area contributed by atoms with Crippen LogP contribution in [0.4, 0.5) is 4.39 Å². The van der Waals surface area contributed by atoms with Crippen LogP contribution in [0.5, 0.6) is 0 Å². The molecule has 0 atom stereocenters. The van der Waals surface area contributed by atoms with Gasteiger partial charge in [0.2, 0.25) is 15.9 Å². The molecule has 1 fully saturated rings. The van der Waals surface area contributed by atoms with Gasteiger partial charge >= 0.3 is 0 Å². The second-order valence-corrected chi connectivity index (χ2v) is 9.00. The first-order chi connectivity index (χ1) is 14.1. The predicted molar refractivity (Wildman–Crippen MR) is 110 cm³/mol. The molecule has 0 aromatic heterocycles. The number of aryl methyl sites for hydroxylation is 1. The molecule has 3 rings (SSSR count). The number of amides is 2. The highest BCUT2D eigenvalue weighted by atomic mass is 32.2. The van der Waals surface area contributed by atoms with E-state index < -0.39 is 10.0 Å². The van der Waals surface area contributed by atoms with Gasteiger partial charge in [-0.2, -0.15) is 0 Å². The number of primary sulfonamides is 1. The zero-order valence-electron chi connectivity index (χ0n) is 16.9. The number of rotatable bonds is 4. The van der Waals surface area contributed by atoms with Crippen molar-refractivity contribution in [3.8, 4) is 0 Å². The van der Waals surface area contributed by atoms with Crippen molar-refractivity contribution >= 4 is 21.8 Å². The summed E-state index contributed by atoms with van der Waals surface area (Å²) >= 11 is 0. The van der Waals surface area contributed by atoms with E-state index in [2.05, 4.69) is 0 Å². The smallest absolute Gasteiger partial charge is 0.254 e. The molecule has 9 heteroatoms. The van der Waals surface area contributed by atoms with Crippen LogP contribution < -0.4 is 5.14 Å². The van der Waals surface area contributed by atoms with Crippen molar-refractivity contribution < 1.29 is 22.4 Å². The van der Waals surface area contributed by atoms with Gasteiger partial charge < -0.3 is 9.80 Å². The highest BCUT2D eigenvalue weighted by Gasteiger charge is 2.27. The van der Waals surface area contributed by atoms with Crippen molar-refractivity contribution in [2.45, 2.75) is 25.2 Å². The molecule has 1 saturated heterocycles. The van der Waals surface area contributed by atoms with Gasteiger partial charge in [0.05, 0.1) is 11.3 Å². The number of sulfonamides is 1. The Labute approximate surface area is 175 Å². The number of piperazine rings is 1. The third-order valence-electron chi connectivity index (χ3n) is 5.39. The van der Waals surface area contributed by atoms with E-state index in [0.29, 0.717) is 42.9 Å². The quantitative estimate of drug-likeness (QED) is 0.792. The van der Waals surface area contributed by atoms with Crippen LogP contribution in [-0.4, -0.2) is 56.2 Å². The van der Waals surface area contributed by atoms with Gasteiger partial charge in [-0.25, -0.2) is 17.9 Å². The van der Waals surface area contributed by atoms with Crippen LogP contribution in [0.2, 0.25) is 0 Å². The van der Waals surface area contributed by atoms with Crippen molar-refractivity contribution in [2.75, 3.05) is 26.2 Å². The summed E-state index contributed by atoms with van der Waals surface area (Å²) in [7, 11) is -3.93. The minimum atomic E-state index is -3.93. The average molecular weight is 434 g/mol. The van der Waals surface area contributed by atoms with E-state index in [0.717, 1.165) is 5.56 Å². The number of hydrogen-bond acceptors (Lipinski definition) is 4. The SMILES string of the molecule is Cc1cc(S(N)(=O)=O)cc(C(=O)N2CCN(C(=O)Cc3ccc(F)cc3)CC2)c1C. The number of nitrogens with zero attached hydrogens (tertiary/aromatic N) is 2. The lowest BCUT2D eigenvalue weighted by Crippen LogP contribution is -2.51. The summed E-state index contributed by atoms with van der Waals surface area (Å²) in [6, 6.07) is 8.56. The molecule has 1 heterocycles. The Morgan fingerprint density at radius 1 is 1.00 bits per heavy atom. The lowest BCUT2D eigenvalue weighted by atomic mass is 10.0. The Hall–Kier alpha value is -2.78. The number of hydrogen-bond donors (Lipinski definition) is 1. The summed E-state index contributed by atoms with van der Waals surface area (Å²) < 4.78 is 36.5. The Balaban J connectivity index is 1.67. The van der Waals surface area contributed by atoms with Crippen LogP contribution in [0.15, 0.2) is 41.3 Å². The minimum absolute atomic E-state index is 0.0862. The van der Waals surface area contributed by atoms with Crippen molar-refractivity contribution in [1.29, 1.82) is 0 Å². The second-order valence-electron chi connectivity index (χ2n) is 7.43. The summed E-state index contributed by atoms with van der Waals surface area (Å²) in [6.07, 6.45) is 0.170. The number of carbonyl (C=O) groups is 2. The molecule has 2 N–H and O–H groups in total. The molecule has 0 radical (unpaired) electrons. The van der Waals surface area contributed by atoms with Crippen LogP contribution in [-0.2, 0) is 21.2 Å². The molecule has 1 aliphatic heterocycles. The number of nitrogens with two attached hydrogens (primary N) is 1. The molecule has 2 amide bonds. The fourth-order valence-corrected chi connectivity index (χ4v) is 4.05. The van der Waals surface area contributed by atoms with Gasteiger partial charge in [-0.3, -0.25) is 9.59 Å². The molecule has 2 aromatic carbocycles. The number of halogens is 1. The monoisotopic (exact) mass is 433 g/mol. The zero-order valence-corrected chi connectivity index (χ0v) is 17.7. The van der Waals surface area contributed by atoms with E-state index in [1.54, 1.807) is 35.8 Å². The van der Waals surface area contributed by atoms with Crippen molar-refractivity contribution in [3.05, 3.63) is 64.5 Å². The molecule has 0 spiro atoms. The van der Waals surface area contributed by atoms with Crippen LogP contribution in [0.3, 0.4) is 0 Å². The fraction of sp³-hybridized carbons (Fsp3) is 0.333. The third-order valence-corrected chi connectivity index (χ3v) is 6.28. The van der Waals surface area contributed by atoms with Gasteiger partial charge in [-0.1, -0.05) is 12.1 Å². The van der Waals surface area contributed by atoms with Gasteiger partial charge in [0.15, 0.2) is 0 Å². The number of benzene rings is 2. The van der Waals surface area contributed by atoms with Crippen LogP contribution in [0, 0.1) is 19.7 Å². The summed E-state index contributed by atoms with van der Waals surface area (Å²) in [6.45, 7) is 4.92. The minimum Gasteiger partial charge on any atom is -0.339 e. The average Bonchev–Trinajstić information content (AvgIpc) is 2.70. The molecule has 2 aromatic rings. The van der Waals surface area contributed by atoms with Crippen molar-refractivity contribution in [1.82, 2.24) is 9.80 Å². The first-order valence-corrected chi connectivity index (χ1v) is 11.1. The van der Waals surface area contributed by atoms with Gasteiger partial charge in [0.1, 0.15) is 5.82 Å². The van der Waals surface area contributed by atoms with Crippen LogP contribution in [0.1, 0.15) is 27.0 Å². The molecule has 7 nitrogen and oxygen atoms in total. The Morgan fingerprint density at radius 2 is 1.57 bits per heavy atom. The largest absolute Gasteiger partial charge is 0.339 e. The maximum atomic E-state index is 13.0. The van der Waals surface area contributed by atoms with Crippen molar-refractivity contribution in [2.24, 2.45) is 5.14 Å². The van der Waals surface area contributed by atoms with E-state index in [9.17, 15) is 22.4 Å². The van der Waals surface area contributed by atoms with Gasteiger partial charge in [-0.15, -0.1) is 0 Å². The van der Waals surface area contributed by atoms with E-state index in [1.165, 1.54) is 24.3 Å². The Bertz CT molecular complexity index is 1080. The highest BCUT2D eigenvalue weighted by molar-refractivity contribution is 7.89. The topological polar surface area (TPSA) is 101 Å². The fourth-order valence-electron chi connectivity index (χ4n) is 3.43. The van der Waals surface area contributed by atoms with Gasteiger partial charge in [0.25, 0.3) is 5.91 Å². The Morgan fingerprint density at radius 3 is 2.13 bits per heavy atom. The Kier molecular flexibility index (Phi) is 6.23. The van der Waals surface area contributed by atoms with E-state index in [4.69, 9.17) is 5.14 Å². The van der Waals surface area contributed by atoms with Crippen LogP contribution in [0.25, 0.3) is 0 Å². The van der Waals surface area contributed by atoms with E-state index in [1.807, 2.05) is 0 Å². The summed E-state index contributed by atoms with van der Waals surface area (Å²) in [4.78, 5) is 28.7. The molecule has 1 aliphatic rings. The first kappa shape index (κ1) is 21.9. The maximum absolute atomic E-state index is 13.0. The molecule has 0 bridgehead atoms. The van der Waals surface area contributed by atoms with Gasteiger partial charge in [0, 0.05) is 31.7 Å². The van der Waals surface area contributed by atoms with Crippen LogP contribution >= 0.6 is 0 Å². The van der Waals surface area contributed by atoms with E-state index in [-0.39, 0.29) is 28.9 Å². The summed E-state index contributed by atoms with van der Waals surface area (Å²) in [5.74, 6) is -0.723. The number of carbonyl (C=O) groups excluding carboxylic acids is 2. The highest BCUT2D eigenvalue weighted by Crippen LogP contribution is 2.21. The molecule has 0 unspecified atom stereocenters. The lowest BCUT2D eigenvalue weighted by molar-refractivity contribution is -0.131. The summed E-state index contributed by atoms with van der Waals surface area (Å²) in [5.41, 5.74) is 2.39. The third kappa shape index (κ3) is 4.85. The molecule has 0 aliphatic carbocycles. The molecule has 0 saturated carbocycles.